The molecule has 0 aromatic carbocycles. The van der Waals surface area contributed by atoms with E-state index in [0.717, 1.165) is 19.4 Å². The SMILES string of the molecule is CCNC(CCc1cnn(C)c1)c1cccnc1. The Kier molecular flexibility index (Phi) is 4.47. The van der Waals surface area contributed by atoms with Gasteiger partial charge in [-0.3, -0.25) is 9.67 Å². The van der Waals surface area contributed by atoms with Gasteiger partial charge >= 0.3 is 0 Å². The molecule has 0 spiro atoms. The summed E-state index contributed by atoms with van der Waals surface area (Å²) < 4.78 is 1.85. The molecule has 2 aromatic heterocycles. The Balaban J connectivity index is 1.98. The third-order valence-corrected chi connectivity index (χ3v) is 3.02. The van der Waals surface area contributed by atoms with Gasteiger partial charge in [0.05, 0.1) is 6.20 Å². The number of aryl methyl sites for hydroxylation is 2. The molecule has 0 saturated carbocycles. The summed E-state index contributed by atoms with van der Waals surface area (Å²) in [6.45, 7) is 3.10. The van der Waals surface area contributed by atoms with Gasteiger partial charge in [0.2, 0.25) is 0 Å². The lowest BCUT2D eigenvalue weighted by Gasteiger charge is -2.17. The van der Waals surface area contributed by atoms with Crippen LogP contribution in [0, 0.1) is 0 Å². The van der Waals surface area contributed by atoms with Crippen molar-refractivity contribution in [2.75, 3.05) is 6.54 Å². The van der Waals surface area contributed by atoms with Crippen LogP contribution in [0.3, 0.4) is 0 Å². The number of nitrogens with one attached hydrogen (secondary N) is 1. The van der Waals surface area contributed by atoms with E-state index in [9.17, 15) is 0 Å². The Labute approximate surface area is 108 Å². The van der Waals surface area contributed by atoms with Crippen molar-refractivity contribution in [3.05, 3.63) is 48.0 Å². The van der Waals surface area contributed by atoms with E-state index >= 15 is 0 Å². The Morgan fingerprint density at radius 2 is 2.28 bits per heavy atom. The summed E-state index contributed by atoms with van der Waals surface area (Å²) >= 11 is 0. The zero-order valence-corrected chi connectivity index (χ0v) is 11.0. The molecule has 1 N–H and O–H groups in total. The van der Waals surface area contributed by atoms with Crippen LogP contribution in [-0.4, -0.2) is 21.3 Å². The number of aromatic nitrogens is 3. The maximum Gasteiger partial charge on any atom is 0.0521 e. The van der Waals surface area contributed by atoms with Gasteiger partial charge in [0.1, 0.15) is 0 Å². The molecule has 0 aliphatic heterocycles. The predicted octanol–water partition coefficient (Wildman–Crippen LogP) is 2.10. The van der Waals surface area contributed by atoms with Crippen LogP contribution in [0.25, 0.3) is 0 Å². The fraction of sp³-hybridized carbons (Fsp3) is 0.429. The summed E-state index contributed by atoms with van der Waals surface area (Å²) in [6, 6.07) is 4.48. The maximum absolute atomic E-state index is 4.20. The number of hydrogen-bond donors (Lipinski definition) is 1. The largest absolute Gasteiger partial charge is 0.310 e. The molecule has 2 rings (SSSR count). The number of hydrogen-bond acceptors (Lipinski definition) is 3. The summed E-state index contributed by atoms with van der Waals surface area (Å²) in [6.07, 6.45) is 9.86. The molecule has 0 aliphatic rings. The van der Waals surface area contributed by atoms with E-state index in [0.29, 0.717) is 6.04 Å². The fourth-order valence-corrected chi connectivity index (χ4v) is 2.13. The van der Waals surface area contributed by atoms with Crippen LogP contribution in [0.1, 0.15) is 30.5 Å². The smallest absolute Gasteiger partial charge is 0.0521 e. The second-order valence-electron chi connectivity index (χ2n) is 4.46. The van der Waals surface area contributed by atoms with Crippen molar-refractivity contribution < 1.29 is 0 Å². The highest BCUT2D eigenvalue weighted by Crippen LogP contribution is 2.18. The molecule has 0 bridgehead atoms. The molecule has 0 amide bonds. The molecule has 1 atom stereocenters. The third kappa shape index (κ3) is 3.40. The highest BCUT2D eigenvalue weighted by molar-refractivity contribution is 5.15. The minimum Gasteiger partial charge on any atom is -0.310 e. The molecule has 96 valence electrons. The Hall–Kier alpha value is -1.68. The lowest BCUT2D eigenvalue weighted by Crippen LogP contribution is -2.21. The van der Waals surface area contributed by atoms with E-state index < -0.39 is 0 Å². The van der Waals surface area contributed by atoms with Crippen molar-refractivity contribution in [1.82, 2.24) is 20.1 Å². The van der Waals surface area contributed by atoms with Crippen molar-refractivity contribution in [2.24, 2.45) is 7.05 Å². The van der Waals surface area contributed by atoms with Crippen LogP contribution >= 0.6 is 0 Å². The van der Waals surface area contributed by atoms with Crippen LogP contribution in [0.2, 0.25) is 0 Å². The molecule has 0 fully saturated rings. The molecule has 18 heavy (non-hydrogen) atoms. The monoisotopic (exact) mass is 244 g/mol. The lowest BCUT2D eigenvalue weighted by atomic mass is 10.0. The minimum atomic E-state index is 0.365. The van der Waals surface area contributed by atoms with E-state index in [-0.39, 0.29) is 0 Å². The second kappa shape index (κ2) is 6.31. The van der Waals surface area contributed by atoms with Crippen molar-refractivity contribution >= 4 is 0 Å². The first-order chi connectivity index (χ1) is 8.79. The second-order valence-corrected chi connectivity index (χ2v) is 4.46. The van der Waals surface area contributed by atoms with Crippen molar-refractivity contribution in [3.63, 3.8) is 0 Å². The lowest BCUT2D eigenvalue weighted by molar-refractivity contribution is 0.514. The molecule has 1 unspecified atom stereocenters. The number of pyridine rings is 1. The zero-order chi connectivity index (χ0) is 12.8. The first-order valence-electron chi connectivity index (χ1n) is 6.40. The Bertz CT molecular complexity index is 464. The van der Waals surface area contributed by atoms with Crippen LogP contribution in [0.15, 0.2) is 36.9 Å². The average molecular weight is 244 g/mol. The molecule has 0 radical (unpaired) electrons. The molecular weight excluding hydrogens is 224 g/mol. The Morgan fingerprint density at radius 3 is 2.89 bits per heavy atom. The molecule has 4 nitrogen and oxygen atoms in total. The van der Waals surface area contributed by atoms with Crippen molar-refractivity contribution in [2.45, 2.75) is 25.8 Å². The van der Waals surface area contributed by atoms with E-state index in [1.807, 2.05) is 36.4 Å². The van der Waals surface area contributed by atoms with Crippen LogP contribution in [0.4, 0.5) is 0 Å². The third-order valence-electron chi connectivity index (χ3n) is 3.02. The molecule has 4 heteroatoms. The summed E-state index contributed by atoms with van der Waals surface area (Å²) in [4.78, 5) is 4.19. The van der Waals surface area contributed by atoms with Gasteiger partial charge in [-0.25, -0.2) is 0 Å². The summed E-state index contributed by atoms with van der Waals surface area (Å²) in [5, 5.41) is 7.71. The highest BCUT2D eigenvalue weighted by atomic mass is 15.2. The topological polar surface area (TPSA) is 42.7 Å². The van der Waals surface area contributed by atoms with Crippen LogP contribution in [-0.2, 0) is 13.5 Å². The summed E-state index contributed by atoms with van der Waals surface area (Å²) in [5.41, 5.74) is 2.53. The zero-order valence-electron chi connectivity index (χ0n) is 11.0. The average Bonchev–Trinajstić information content (AvgIpc) is 2.81. The molecular formula is C14H20N4. The Morgan fingerprint density at radius 1 is 1.39 bits per heavy atom. The summed E-state index contributed by atoms with van der Waals surface area (Å²) in [5.74, 6) is 0. The number of nitrogens with zero attached hydrogens (tertiary/aromatic N) is 3. The molecule has 0 saturated heterocycles. The quantitative estimate of drug-likeness (QED) is 0.846. The number of rotatable bonds is 6. The maximum atomic E-state index is 4.20. The van der Waals surface area contributed by atoms with Gasteiger partial charge in [-0.1, -0.05) is 13.0 Å². The van der Waals surface area contributed by atoms with Crippen molar-refractivity contribution in [1.29, 1.82) is 0 Å². The normalized spacial score (nSPS) is 12.6. The van der Waals surface area contributed by atoms with Gasteiger partial charge in [-0.2, -0.15) is 5.10 Å². The standard InChI is InChI=1S/C14H20N4/c1-3-16-14(13-5-4-8-15-10-13)7-6-12-9-17-18(2)11-12/h4-5,8-11,14,16H,3,6-7H2,1-2H3. The first-order valence-corrected chi connectivity index (χ1v) is 6.40. The van der Waals surface area contributed by atoms with E-state index in [1.165, 1.54) is 11.1 Å². The van der Waals surface area contributed by atoms with Gasteiger partial charge in [-0.05, 0) is 36.6 Å². The van der Waals surface area contributed by atoms with E-state index in [4.69, 9.17) is 0 Å². The van der Waals surface area contributed by atoms with Crippen LogP contribution in [0.5, 0.6) is 0 Å². The molecule has 2 aromatic rings. The van der Waals surface area contributed by atoms with E-state index in [2.05, 4.69) is 34.6 Å². The van der Waals surface area contributed by atoms with Gasteiger partial charge in [0, 0.05) is 31.7 Å². The van der Waals surface area contributed by atoms with Gasteiger partial charge < -0.3 is 5.32 Å². The van der Waals surface area contributed by atoms with Gasteiger partial charge in [0.25, 0.3) is 0 Å². The predicted molar refractivity (Wildman–Crippen MR) is 72.2 cm³/mol. The first kappa shape index (κ1) is 12.8. The molecule has 0 aliphatic carbocycles. The van der Waals surface area contributed by atoms with Gasteiger partial charge in [-0.15, -0.1) is 0 Å². The minimum absolute atomic E-state index is 0.365. The summed E-state index contributed by atoms with van der Waals surface area (Å²) in [7, 11) is 1.95. The van der Waals surface area contributed by atoms with E-state index in [1.54, 1.807) is 0 Å². The molecule has 2 heterocycles. The fourth-order valence-electron chi connectivity index (χ4n) is 2.13. The van der Waals surface area contributed by atoms with Crippen molar-refractivity contribution in [3.8, 4) is 0 Å². The highest BCUT2D eigenvalue weighted by Gasteiger charge is 2.10. The van der Waals surface area contributed by atoms with Gasteiger partial charge in [0.15, 0.2) is 0 Å². The van der Waals surface area contributed by atoms with Crippen LogP contribution < -0.4 is 5.32 Å².